The van der Waals surface area contributed by atoms with Crippen LogP contribution in [0.25, 0.3) is 11.0 Å². The number of ether oxygens (including phenoxy) is 1. The molecule has 26 heavy (non-hydrogen) atoms. The smallest absolute Gasteiger partial charge is 0.422 e. The summed E-state index contributed by atoms with van der Waals surface area (Å²) in [6, 6.07) is 4.37. The van der Waals surface area contributed by atoms with Crippen molar-refractivity contribution >= 4 is 11.0 Å². The van der Waals surface area contributed by atoms with Crippen LogP contribution in [0, 0.1) is 11.8 Å². The van der Waals surface area contributed by atoms with E-state index in [0.717, 1.165) is 24.7 Å². The number of aryl methyl sites for hydroxylation is 1. The first-order valence-electron chi connectivity index (χ1n) is 9.04. The van der Waals surface area contributed by atoms with Crippen molar-refractivity contribution in [3.05, 3.63) is 34.2 Å². The van der Waals surface area contributed by atoms with Crippen molar-refractivity contribution in [1.29, 1.82) is 0 Å². The lowest BCUT2D eigenvalue weighted by Crippen LogP contribution is -2.19. The zero-order chi connectivity index (χ0) is 18.7. The Kier molecular flexibility index (Phi) is 5.53. The predicted molar refractivity (Wildman–Crippen MR) is 93.4 cm³/mol. The molecule has 1 heterocycles. The highest BCUT2D eigenvalue weighted by Crippen LogP contribution is 2.41. The largest absolute Gasteiger partial charge is 0.484 e. The number of aromatic amines is 1. The van der Waals surface area contributed by atoms with Crippen molar-refractivity contribution in [2.75, 3.05) is 6.61 Å². The Labute approximate surface area is 149 Å². The highest BCUT2D eigenvalue weighted by atomic mass is 19.4. The van der Waals surface area contributed by atoms with Crippen molar-refractivity contribution in [2.24, 2.45) is 11.8 Å². The molecule has 0 bridgehead atoms. The zero-order valence-electron chi connectivity index (χ0n) is 14.7. The molecule has 1 aromatic heterocycles. The molecule has 1 saturated carbocycles. The van der Waals surface area contributed by atoms with E-state index in [0.29, 0.717) is 23.1 Å². The molecule has 0 radical (unpaired) electrons. The summed E-state index contributed by atoms with van der Waals surface area (Å²) in [5.74, 6) is 1.82. The number of fused-ring (bicyclic) bond motifs is 1. The van der Waals surface area contributed by atoms with E-state index in [1.54, 1.807) is 6.07 Å². The number of nitrogens with one attached hydrogen (secondary N) is 1. The lowest BCUT2D eigenvalue weighted by Gasteiger charge is -2.10. The summed E-state index contributed by atoms with van der Waals surface area (Å²) < 4.78 is 41.3. The molecule has 1 aromatic carbocycles. The third-order valence-electron chi connectivity index (χ3n) is 4.90. The second-order valence-electron chi connectivity index (χ2n) is 7.17. The van der Waals surface area contributed by atoms with E-state index < -0.39 is 12.8 Å². The molecule has 1 aliphatic rings. The average Bonchev–Trinajstić information content (AvgIpc) is 3.27. The lowest BCUT2D eigenvalue weighted by atomic mass is 10.1. The average molecular weight is 368 g/mol. The van der Waals surface area contributed by atoms with Gasteiger partial charge in [0.1, 0.15) is 11.4 Å². The fourth-order valence-electron chi connectivity index (χ4n) is 3.20. The number of nitrogens with zero attached hydrogens (tertiary/aromatic N) is 1. The number of unbranched alkanes of at least 4 members (excludes halogenated alkanes) is 2. The molecule has 0 saturated heterocycles. The van der Waals surface area contributed by atoms with Crippen molar-refractivity contribution in [1.82, 2.24) is 9.97 Å². The van der Waals surface area contributed by atoms with Crippen LogP contribution in [0.15, 0.2) is 23.0 Å². The molecule has 3 rings (SSSR count). The second kappa shape index (κ2) is 7.68. The monoisotopic (exact) mass is 368 g/mol. The van der Waals surface area contributed by atoms with Crippen LogP contribution in [0.2, 0.25) is 0 Å². The van der Waals surface area contributed by atoms with Crippen LogP contribution in [0.4, 0.5) is 13.2 Å². The molecule has 1 N–H and O–H groups in total. The Bertz CT molecular complexity index is 817. The van der Waals surface area contributed by atoms with Gasteiger partial charge in [0.05, 0.1) is 11.0 Å². The Hall–Kier alpha value is -2.05. The number of hydrogen-bond acceptors (Lipinski definition) is 3. The van der Waals surface area contributed by atoms with Gasteiger partial charge in [-0.25, -0.2) is 4.98 Å². The van der Waals surface area contributed by atoms with Crippen LogP contribution in [0.3, 0.4) is 0 Å². The molecular weight excluding hydrogens is 345 g/mol. The molecule has 1 fully saturated rings. The normalized spacial score (nSPS) is 19.7. The summed E-state index contributed by atoms with van der Waals surface area (Å²) in [5, 5.41) is 0. The van der Waals surface area contributed by atoms with E-state index in [4.69, 9.17) is 4.74 Å². The topological polar surface area (TPSA) is 55.0 Å². The first-order valence-corrected chi connectivity index (χ1v) is 9.04. The molecule has 4 nitrogen and oxygen atoms in total. The van der Waals surface area contributed by atoms with Gasteiger partial charge in [0.15, 0.2) is 6.61 Å². The van der Waals surface area contributed by atoms with Gasteiger partial charge in [-0.3, -0.25) is 4.79 Å². The zero-order valence-corrected chi connectivity index (χ0v) is 14.7. The van der Waals surface area contributed by atoms with Crippen molar-refractivity contribution in [3.63, 3.8) is 0 Å². The SMILES string of the molecule is CC1CC1CCCCCc1nc2ccc(OCC(F)(F)F)cc2[nH]c1=O. The maximum absolute atomic E-state index is 12.2. The molecule has 1 aliphatic carbocycles. The highest BCUT2D eigenvalue weighted by Gasteiger charge is 2.31. The van der Waals surface area contributed by atoms with Crippen LogP contribution >= 0.6 is 0 Å². The second-order valence-corrected chi connectivity index (χ2v) is 7.17. The Morgan fingerprint density at radius 1 is 1.27 bits per heavy atom. The third-order valence-corrected chi connectivity index (χ3v) is 4.90. The molecule has 2 atom stereocenters. The number of H-pyrrole nitrogens is 1. The van der Waals surface area contributed by atoms with E-state index in [-0.39, 0.29) is 11.3 Å². The van der Waals surface area contributed by atoms with E-state index in [9.17, 15) is 18.0 Å². The molecular formula is C19H23F3N2O2. The molecule has 0 amide bonds. The number of alkyl halides is 3. The standard InChI is InChI=1S/C19H23F3N2O2/c1-12-9-13(12)5-3-2-4-6-16-18(25)24-17-10-14(7-8-15(17)23-16)26-11-19(20,21)22/h7-8,10,12-13H,2-6,9,11H2,1H3,(H,24,25). The number of halogens is 3. The minimum absolute atomic E-state index is 0.0503. The van der Waals surface area contributed by atoms with Gasteiger partial charge in [0, 0.05) is 6.07 Å². The Balaban J connectivity index is 1.57. The molecule has 142 valence electrons. The van der Waals surface area contributed by atoms with Crippen LogP contribution < -0.4 is 10.3 Å². The van der Waals surface area contributed by atoms with Gasteiger partial charge in [-0.2, -0.15) is 13.2 Å². The fourth-order valence-corrected chi connectivity index (χ4v) is 3.20. The third kappa shape index (κ3) is 5.22. The summed E-state index contributed by atoms with van der Waals surface area (Å²) >= 11 is 0. The molecule has 2 unspecified atom stereocenters. The quantitative estimate of drug-likeness (QED) is 0.692. The molecule has 0 aliphatic heterocycles. The van der Waals surface area contributed by atoms with Crippen LogP contribution in [-0.2, 0) is 6.42 Å². The Morgan fingerprint density at radius 2 is 2.04 bits per heavy atom. The first-order chi connectivity index (χ1) is 12.3. The van der Waals surface area contributed by atoms with Crippen LogP contribution in [0.5, 0.6) is 5.75 Å². The summed E-state index contributed by atoms with van der Waals surface area (Å²) in [7, 11) is 0. The summed E-state index contributed by atoms with van der Waals surface area (Å²) in [4.78, 5) is 19.2. The molecule has 0 spiro atoms. The first kappa shape index (κ1) is 18.7. The predicted octanol–water partition coefficient (Wildman–Crippen LogP) is 4.62. The summed E-state index contributed by atoms with van der Waals surface area (Å²) in [6.45, 7) is 0.913. The minimum Gasteiger partial charge on any atom is -0.484 e. The van der Waals surface area contributed by atoms with Gasteiger partial charge in [-0.15, -0.1) is 0 Å². The lowest BCUT2D eigenvalue weighted by molar-refractivity contribution is -0.153. The Morgan fingerprint density at radius 3 is 2.73 bits per heavy atom. The summed E-state index contributed by atoms with van der Waals surface area (Å²) in [6.07, 6.45) is 1.99. The fraction of sp³-hybridized carbons (Fsp3) is 0.579. The maximum Gasteiger partial charge on any atom is 0.422 e. The minimum atomic E-state index is -4.40. The van der Waals surface area contributed by atoms with Crippen molar-refractivity contribution < 1.29 is 17.9 Å². The van der Waals surface area contributed by atoms with E-state index in [2.05, 4.69) is 16.9 Å². The molecule has 7 heteroatoms. The number of benzene rings is 1. The van der Waals surface area contributed by atoms with Gasteiger partial charge < -0.3 is 9.72 Å². The van der Waals surface area contributed by atoms with E-state index >= 15 is 0 Å². The van der Waals surface area contributed by atoms with E-state index in [1.807, 2.05) is 0 Å². The number of aromatic nitrogens is 2. The van der Waals surface area contributed by atoms with Crippen LogP contribution in [-0.4, -0.2) is 22.8 Å². The van der Waals surface area contributed by atoms with Crippen molar-refractivity contribution in [2.45, 2.75) is 51.6 Å². The van der Waals surface area contributed by atoms with Gasteiger partial charge in [0.2, 0.25) is 0 Å². The maximum atomic E-state index is 12.2. The van der Waals surface area contributed by atoms with E-state index in [1.165, 1.54) is 31.4 Å². The van der Waals surface area contributed by atoms with Crippen LogP contribution in [0.1, 0.15) is 44.7 Å². The van der Waals surface area contributed by atoms with Gasteiger partial charge in [-0.1, -0.05) is 26.2 Å². The van der Waals surface area contributed by atoms with Gasteiger partial charge >= 0.3 is 6.18 Å². The molecule has 2 aromatic rings. The number of rotatable bonds is 8. The van der Waals surface area contributed by atoms with Crippen molar-refractivity contribution in [3.8, 4) is 5.75 Å². The number of hydrogen-bond donors (Lipinski definition) is 1. The summed E-state index contributed by atoms with van der Waals surface area (Å²) in [5.41, 5.74) is 1.11. The highest BCUT2D eigenvalue weighted by molar-refractivity contribution is 5.75. The van der Waals surface area contributed by atoms with Gasteiger partial charge in [-0.05, 0) is 43.2 Å². The van der Waals surface area contributed by atoms with Gasteiger partial charge in [0.25, 0.3) is 5.56 Å².